The molecule has 3 rings (SSSR count). The van der Waals surface area contributed by atoms with E-state index in [0.29, 0.717) is 10.9 Å². The Morgan fingerprint density at radius 3 is 2.69 bits per heavy atom. The van der Waals surface area contributed by atoms with Crippen LogP contribution in [-0.4, -0.2) is 28.4 Å². The summed E-state index contributed by atoms with van der Waals surface area (Å²) in [6.07, 6.45) is 3.62. The van der Waals surface area contributed by atoms with E-state index < -0.39 is 0 Å². The molecule has 1 aromatic carbocycles. The number of nitrogens with two attached hydrogens (primary N) is 1. The molecule has 0 fully saturated rings. The van der Waals surface area contributed by atoms with Crippen molar-refractivity contribution in [2.75, 3.05) is 22.9 Å². The molecule has 0 saturated heterocycles. The Kier molecular flexibility index (Phi) is 8.51. The molecule has 2 aromatic rings. The summed E-state index contributed by atoms with van der Waals surface area (Å²) < 4.78 is 0. The summed E-state index contributed by atoms with van der Waals surface area (Å²) in [5, 5.41) is 6.78. The SMILES string of the molecule is CC.CCCNc1ccc(C(=O)Nc2cccc(C3(C)CCSC(N)=N3)c2)nc1. The smallest absolute Gasteiger partial charge is 0.274 e. The van der Waals surface area contributed by atoms with Crippen LogP contribution in [0.5, 0.6) is 0 Å². The molecule has 29 heavy (non-hydrogen) atoms. The maximum atomic E-state index is 12.5. The molecule has 4 N–H and O–H groups in total. The second-order valence-electron chi connectivity index (χ2n) is 6.72. The number of amidine groups is 1. The van der Waals surface area contributed by atoms with E-state index in [1.54, 1.807) is 24.0 Å². The Bertz CT molecular complexity index is 837. The minimum Gasteiger partial charge on any atom is -0.384 e. The fourth-order valence-corrected chi connectivity index (χ4v) is 3.90. The van der Waals surface area contributed by atoms with Gasteiger partial charge in [0.25, 0.3) is 5.91 Å². The van der Waals surface area contributed by atoms with Crippen molar-refractivity contribution >= 4 is 34.2 Å². The Morgan fingerprint density at radius 2 is 2.03 bits per heavy atom. The van der Waals surface area contributed by atoms with Gasteiger partial charge >= 0.3 is 0 Å². The number of hydrogen-bond donors (Lipinski definition) is 3. The first-order valence-corrected chi connectivity index (χ1v) is 11.1. The third-order valence-corrected chi connectivity index (χ3v) is 5.31. The molecular weight excluding hydrogens is 382 g/mol. The van der Waals surface area contributed by atoms with Crippen molar-refractivity contribution in [3.05, 3.63) is 53.9 Å². The first-order valence-electron chi connectivity index (χ1n) is 10.1. The van der Waals surface area contributed by atoms with Crippen molar-refractivity contribution < 1.29 is 4.79 Å². The number of nitrogens with zero attached hydrogens (tertiary/aromatic N) is 2. The predicted octanol–water partition coefficient (Wildman–Crippen LogP) is 4.85. The number of aliphatic imine (C=N–C) groups is 1. The first-order chi connectivity index (χ1) is 14.0. The molecule has 1 atom stereocenters. The monoisotopic (exact) mass is 413 g/mol. The second kappa shape index (κ2) is 10.9. The van der Waals surface area contributed by atoms with Crippen LogP contribution in [0, 0.1) is 0 Å². The fourth-order valence-electron chi connectivity index (χ4n) is 2.92. The summed E-state index contributed by atoms with van der Waals surface area (Å²) >= 11 is 1.58. The lowest BCUT2D eigenvalue weighted by molar-refractivity contribution is 0.102. The Labute approximate surface area is 177 Å². The van der Waals surface area contributed by atoms with Gasteiger partial charge in [-0.15, -0.1) is 0 Å². The largest absolute Gasteiger partial charge is 0.384 e. The number of carbonyl (C=O) groups is 1. The maximum Gasteiger partial charge on any atom is 0.274 e. The Morgan fingerprint density at radius 1 is 1.24 bits per heavy atom. The van der Waals surface area contributed by atoms with Crippen molar-refractivity contribution in [3.8, 4) is 0 Å². The number of thioether (sulfide) groups is 1. The quantitative estimate of drug-likeness (QED) is 0.630. The molecular formula is C22H31N5OS. The number of carbonyl (C=O) groups excluding carboxylic acids is 1. The van der Waals surface area contributed by atoms with Gasteiger partial charge in [0.2, 0.25) is 0 Å². The lowest BCUT2D eigenvalue weighted by Gasteiger charge is -2.30. The molecule has 6 nitrogen and oxygen atoms in total. The van der Waals surface area contributed by atoms with Crippen molar-refractivity contribution in [2.45, 2.75) is 46.1 Å². The van der Waals surface area contributed by atoms with Gasteiger partial charge in [-0.25, -0.2) is 4.98 Å². The number of rotatable bonds is 6. The second-order valence-corrected chi connectivity index (χ2v) is 7.83. The number of nitrogens with one attached hydrogen (secondary N) is 2. The molecule has 1 aromatic heterocycles. The minimum atomic E-state index is -0.360. The highest BCUT2D eigenvalue weighted by Gasteiger charge is 2.29. The summed E-state index contributed by atoms with van der Waals surface area (Å²) in [6, 6.07) is 11.4. The Balaban J connectivity index is 0.00000145. The highest BCUT2D eigenvalue weighted by atomic mass is 32.2. The van der Waals surface area contributed by atoms with Gasteiger partial charge in [-0.05, 0) is 49.6 Å². The molecule has 0 radical (unpaired) electrons. The third kappa shape index (κ3) is 6.22. The standard InChI is InChI=1S/C20H25N5OS.C2H6/c1-3-10-22-16-7-8-17(23-13-16)18(26)24-15-6-4-5-14(12-15)20(2)9-11-27-19(21)25-20;1-2/h4-8,12-13,22H,3,9-11H2,1-2H3,(H2,21,25)(H,24,26);1-2H3. The van der Waals surface area contributed by atoms with Crippen LogP contribution < -0.4 is 16.4 Å². The summed E-state index contributed by atoms with van der Waals surface area (Å²) in [6.45, 7) is 9.05. The van der Waals surface area contributed by atoms with E-state index in [2.05, 4.69) is 34.5 Å². The highest BCUT2D eigenvalue weighted by Crippen LogP contribution is 2.35. The summed E-state index contributed by atoms with van der Waals surface area (Å²) in [5.41, 5.74) is 8.61. The predicted molar refractivity (Wildman–Crippen MR) is 125 cm³/mol. The van der Waals surface area contributed by atoms with E-state index in [0.717, 1.165) is 42.1 Å². The van der Waals surface area contributed by atoms with Gasteiger partial charge in [0.1, 0.15) is 5.69 Å². The van der Waals surface area contributed by atoms with Crippen LogP contribution in [0.25, 0.3) is 0 Å². The van der Waals surface area contributed by atoms with Crippen LogP contribution in [0.15, 0.2) is 47.6 Å². The van der Waals surface area contributed by atoms with E-state index in [-0.39, 0.29) is 11.4 Å². The van der Waals surface area contributed by atoms with Crippen LogP contribution in [0.1, 0.15) is 56.6 Å². The lowest BCUT2D eigenvalue weighted by atomic mass is 9.89. The van der Waals surface area contributed by atoms with Crippen molar-refractivity contribution in [1.29, 1.82) is 0 Å². The van der Waals surface area contributed by atoms with Crippen molar-refractivity contribution in [2.24, 2.45) is 10.7 Å². The van der Waals surface area contributed by atoms with Gasteiger partial charge in [0.05, 0.1) is 17.4 Å². The summed E-state index contributed by atoms with van der Waals surface area (Å²) in [4.78, 5) is 21.4. The zero-order valence-electron chi connectivity index (χ0n) is 17.7. The molecule has 1 amide bonds. The van der Waals surface area contributed by atoms with E-state index in [1.807, 2.05) is 44.2 Å². The molecule has 7 heteroatoms. The summed E-state index contributed by atoms with van der Waals surface area (Å²) in [7, 11) is 0. The average Bonchev–Trinajstić information content (AvgIpc) is 2.74. The van der Waals surface area contributed by atoms with Gasteiger partial charge in [0.15, 0.2) is 5.17 Å². The number of pyridine rings is 1. The van der Waals surface area contributed by atoms with Gasteiger partial charge in [-0.1, -0.05) is 44.7 Å². The number of aromatic nitrogens is 1. The normalized spacial score (nSPS) is 18.1. The van der Waals surface area contributed by atoms with Gasteiger partial charge in [-0.2, -0.15) is 0 Å². The van der Waals surface area contributed by atoms with Gasteiger partial charge in [-0.3, -0.25) is 9.79 Å². The molecule has 2 heterocycles. The molecule has 0 spiro atoms. The van der Waals surface area contributed by atoms with Crippen LogP contribution in [-0.2, 0) is 5.54 Å². The fraction of sp³-hybridized carbons (Fsp3) is 0.409. The third-order valence-electron chi connectivity index (χ3n) is 4.51. The molecule has 0 saturated carbocycles. The molecule has 1 unspecified atom stereocenters. The van der Waals surface area contributed by atoms with Crippen LogP contribution >= 0.6 is 11.8 Å². The zero-order chi connectivity index (χ0) is 21.3. The van der Waals surface area contributed by atoms with E-state index in [4.69, 9.17) is 5.73 Å². The van der Waals surface area contributed by atoms with Gasteiger partial charge < -0.3 is 16.4 Å². The Hall–Kier alpha value is -2.54. The number of hydrogen-bond acceptors (Lipinski definition) is 6. The summed E-state index contributed by atoms with van der Waals surface area (Å²) in [5.74, 6) is 0.701. The van der Waals surface area contributed by atoms with Crippen LogP contribution in [0.4, 0.5) is 11.4 Å². The molecule has 1 aliphatic rings. The lowest BCUT2D eigenvalue weighted by Crippen LogP contribution is -2.28. The van der Waals surface area contributed by atoms with E-state index >= 15 is 0 Å². The molecule has 156 valence electrons. The average molecular weight is 414 g/mol. The number of anilines is 2. The molecule has 0 bridgehead atoms. The minimum absolute atomic E-state index is 0.235. The van der Waals surface area contributed by atoms with E-state index in [1.165, 1.54) is 0 Å². The maximum absolute atomic E-state index is 12.5. The van der Waals surface area contributed by atoms with Crippen LogP contribution in [0.2, 0.25) is 0 Å². The van der Waals surface area contributed by atoms with Crippen LogP contribution in [0.3, 0.4) is 0 Å². The molecule has 0 aliphatic carbocycles. The highest BCUT2D eigenvalue weighted by molar-refractivity contribution is 8.13. The van der Waals surface area contributed by atoms with Crippen molar-refractivity contribution in [1.82, 2.24) is 4.98 Å². The topological polar surface area (TPSA) is 92.4 Å². The van der Waals surface area contributed by atoms with Crippen molar-refractivity contribution in [3.63, 3.8) is 0 Å². The van der Waals surface area contributed by atoms with E-state index in [9.17, 15) is 4.79 Å². The zero-order valence-corrected chi connectivity index (χ0v) is 18.5. The number of amides is 1. The van der Waals surface area contributed by atoms with Gasteiger partial charge in [0, 0.05) is 18.0 Å². The number of benzene rings is 1. The molecule has 1 aliphatic heterocycles. The first kappa shape index (κ1) is 22.7.